The van der Waals surface area contributed by atoms with Crippen LogP contribution in [-0.2, 0) is 11.2 Å². The van der Waals surface area contributed by atoms with Crippen molar-refractivity contribution in [2.75, 3.05) is 17.7 Å². The fourth-order valence-electron chi connectivity index (χ4n) is 4.70. The van der Waals surface area contributed by atoms with Crippen molar-refractivity contribution >= 4 is 40.8 Å². The number of aliphatic carboxylic acids is 1. The molecule has 1 atom stereocenters. The van der Waals surface area contributed by atoms with Crippen LogP contribution in [0.15, 0.2) is 60.7 Å². The Labute approximate surface area is 214 Å². The zero-order valence-electron chi connectivity index (χ0n) is 20.1. The Balaban J connectivity index is 1.51. The van der Waals surface area contributed by atoms with E-state index >= 15 is 0 Å². The van der Waals surface area contributed by atoms with Gasteiger partial charge in [0, 0.05) is 34.0 Å². The fourth-order valence-corrected chi connectivity index (χ4v) is 4.99. The van der Waals surface area contributed by atoms with Crippen LogP contribution in [0.1, 0.15) is 42.1 Å². The zero-order valence-corrected chi connectivity index (χ0v) is 20.8. The molecule has 8 heteroatoms. The molecule has 0 aromatic heterocycles. The number of nitrogens with one attached hydrogen (secondary N) is 2. The number of halogens is 1. The van der Waals surface area contributed by atoms with Gasteiger partial charge in [0.25, 0.3) is 0 Å². The van der Waals surface area contributed by atoms with E-state index in [1.165, 1.54) is 0 Å². The van der Waals surface area contributed by atoms with Gasteiger partial charge >= 0.3 is 12.0 Å². The highest BCUT2D eigenvalue weighted by Gasteiger charge is 2.42. The molecule has 3 aromatic carbocycles. The van der Waals surface area contributed by atoms with Crippen LogP contribution in [0.25, 0.3) is 11.1 Å². The number of amides is 2. The second kappa shape index (κ2) is 10.4. The van der Waals surface area contributed by atoms with E-state index in [0.717, 1.165) is 16.7 Å². The molecule has 186 valence electrons. The number of Topliss-reactive ketones (excluding diaryl/α,β-unsaturated/α-hetero) is 1. The van der Waals surface area contributed by atoms with Gasteiger partial charge in [-0.25, -0.2) is 4.79 Å². The topological polar surface area (TPSA) is 105 Å². The molecule has 0 radical (unpaired) electrons. The number of hydrogen-bond donors (Lipinski definition) is 3. The summed E-state index contributed by atoms with van der Waals surface area (Å²) in [5.74, 6) is -0.426. The van der Waals surface area contributed by atoms with Crippen molar-refractivity contribution in [3.05, 3.63) is 76.8 Å². The van der Waals surface area contributed by atoms with Gasteiger partial charge in [0.1, 0.15) is 5.75 Å². The average molecular weight is 507 g/mol. The van der Waals surface area contributed by atoms with Gasteiger partial charge in [-0.3, -0.25) is 9.59 Å². The Morgan fingerprint density at radius 3 is 2.42 bits per heavy atom. The maximum Gasteiger partial charge on any atom is 0.323 e. The Morgan fingerprint density at radius 2 is 1.75 bits per heavy atom. The number of anilines is 2. The van der Waals surface area contributed by atoms with Crippen LogP contribution in [0.5, 0.6) is 5.75 Å². The Kier molecular flexibility index (Phi) is 7.31. The predicted molar refractivity (Wildman–Crippen MR) is 140 cm³/mol. The largest absolute Gasteiger partial charge is 0.497 e. The molecule has 0 saturated carbocycles. The van der Waals surface area contributed by atoms with Crippen LogP contribution in [0.3, 0.4) is 0 Å². The first-order valence-corrected chi connectivity index (χ1v) is 12.0. The van der Waals surface area contributed by atoms with Crippen molar-refractivity contribution in [3.63, 3.8) is 0 Å². The van der Waals surface area contributed by atoms with Crippen molar-refractivity contribution in [2.24, 2.45) is 5.41 Å². The van der Waals surface area contributed by atoms with E-state index in [0.29, 0.717) is 47.0 Å². The van der Waals surface area contributed by atoms with Crippen LogP contribution in [0.4, 0.5) is 16.2 Å². The van der Waals surface area contributed by atoms with E-state index in [1.54, 1.807) is 49.6 Å². The van der Waals surface area contributed by atoms with Crippen molar-refractivity contribution in [3.8, 4) is 16.9 Å². The van der Waals surface area contributed by atoms with Gasteiger partial charge in [-0.15, -0.1) is 0 Å². The molecule has 3 aromatic rings. The lowest BCUT2D eigenvalue weighted by atomic mass is 9.67. The lowest BCUT2D eigenvalue weighted by molar-refractivity contribution is -0.139. The number of ketones is 1. The first kappa shape index (κ1) is 25.3. The third kappa shape index (κ3) is 5.21. The summed E-state index contributed by atoms with van der Waals surface area (Å²) >= 11 is 6.56. The standard InChI is InChI=1S/C28H27ClN2O5/c1-3-28(16-25(32)33)12-11-18-13-17(7-9-23(18)26(28)34)22-10-8-20(15-24(22)29)31-27(35)30-19-5-4-6-21(14-19)36-2/h4-10,13-15H,3,11-12,16H2,1-2H3,(H,32,33)(H2,30,31,35). The lowest BCUT2D eigenvalue weighted by Crippen LogP contribution is -2.37. The Morgan fingerprint density at radius 1 is 1.03 bits per heavy atom. The minimum atomic E-state index is -0.956. The predicted octanol–water partition coefficient (Wildman–Crippen LogP) is 6.66. The summed E-state index contributed by atoms with van der Waals surface area (Å²) in [5, 5.41) is 15.3. The maximum absolute atomic E-state index is 13.2. The fraction of sp³-hybridized carbons (Fsp3) is 0.250. The van der Waals surface area contributed by atoms with E-state index in [4.69, 9.17) is 16.3 Å². The van der Waals surface area contributed by atoms with E-state index in [1.807, 2.05) is 25.1 Å². The van der Waals surface area contributed by atoms with Crippen molar-refractivity contribution in [1.29, 1.82) is 0 Å². The number of urea groups is 1. The summed E-state index contributed by atoms with van der Waals surface area (Å²) in [6, 6.07) is 17.4. The van der Waals surface area contributed by atoms with Gasteiger partial charge in [-0.05, 0) is 54.7 Å². The van der Waals surface area contributed by atoms with Gasteiger partial charge in [-0.2, -0.15) is 0 Å². The summed E-state index contributed by atoms with van der Waals surface area (Å²) in [7, 11) is 1.56. The molecule has 0 fully saturated rings. The molecule has 7 nitrogen and oxygen atoms in total. The second-order valence-electron chi connectivity index (χ2n) is 8.91. The van der Waals surface area contributed by atoms with E-state index in [9.17, 15) is 19.5 Å². The quantitative estimate of drug-likeness (QED) is 0.332. The van der Waals surface area contributed by atoms with Crippen LogP contribution >= 0.6 is 11.6 Å². The highest BCUT2D eigenvalue weighted by Crippen LogP contribution is 2.42. The normalized spacial score (nSPS) is 16.7. The highest BCUT2D eigenvalue weighted by atomic mass is 35.5. The number of carboxylic acid groups (broad SMARTS) is 1. The molecule has 0 bridgehead atoms. The van der Waals surface area contributed by atoms with Crippen LogP contribution in [0.2, 0.25) is 5.02 Å². The summed E-state index contributed by atoms with van der Waals surface area (Å²) < 4.78 is 5.17. The van der Waals surface area contributed by atoms with Gasteiger partial charge in [0.05, 0.1) is 18.6 Å². The number of hydrogen-bond acceptors (Lipinski definition) is 4. The number of carboxylic acids is 1. The molecule has 4 rings (SSSR count). The van der Waals surface area contributed by atoms with Crippen LogP contribution in [-0.4, -0.2) is 30.0 Å². The van der Waals surface area contributed by atoms with E-state index < -0.39 is 17.4 Å². The lowest BCUT2D eigenvalue weighted by Gasteiger charge is -2.35. The number of fused-ring (bicyclic) bond motifs is 1. The number of benzene rings is 3. The zero-order chi connectivity index (χ0) is 25.9. The molecule has 0 aliphatic heterocycles. The molecule has 0 saturated heterocycles. The van der Waals surface area contributed by atoms with Crippen molar-refractivity contribution in [2.45, 2.75) is 32.6 Å². The molecule has 0 heterocycles. The Bertz CT molecular complexity index is 1340. The maximum atomic E-state index is 13.2. The molecule has 0 spiro atoms. The van der Waals surface area contributed by atoms with Gasteiger partial charge in [-0.1, -0.05) is 48.9 Å². The first-order valence-electron chi connectivity index (χ1n) is 11.7. The Hall–Kier alpha value is -3.84. The van der Waals surface area contributed by atoms with Crippen LogP contribution in [0, 0.1) is 5.41 Å². The number of aryl methyl sites for hydroxylation is 1. The monoisotopic (exact) mass is 506 g/mol. The first-order chi connectivity index (χ1) is 17.2. The number of carbonyl (C=O) groups excluding carboxylic acids is 2. The average Bonchev–Trinajstić information content (AvgIpc) is 2.85. The van der Waals surface area contributed by atoms with E-state index in [-0.39, 0.29) is 12.2 Å². The smallest absolute Gasteiger partial charge is 0.323 e. The molecule has 36 heavy (non-hydrogen) atoms. The minimum absolute atomic E-state index is 0.104. The molecule has 3 N–H and O–H groups in total. The molecular weight excluding hydrogens is 480 g/mol. The summed E-state index contributed by atoms with van der Waals surface area (Å²) in [5.41, 5.74) is 3.35. The summed E-state index contributed by atoms with van der Waals surface area (Å²) in [4.78, 5) is 37.0. The molecule has 1 unspecified atom stereocenters. The second-order valence-corrected chi connectivity index (χ2v) is 9.32. The van der Waals surface area contributed by atoms with Gasteiger partial charge in [0.2, 0.25) is 0 Å². The minimum Gasteiger partial charge on any atom is -0.497 e. The molecule has 2 amide bonds. The van der Waals surface area contributed by atoms with Gasteiger partial charge in [0.15, 0.2) is 5.78 Å². The highest BCUT2D eigenvalue weighted by molar-refractivity contribution is 6.33. The molecular formula is C28H27ClN2O5. The SMILES string of the molecule is CCC1(CC(=O)O)CCc2cc(-c3ccc(NC(=O)Nc4cccc(OC)c4)cc3Cl)ccc2C1=O. The molecule has 1 aliphatic carbocycles. The number of carbonyl (C=O) groups is 3. The third-order valence-corrected chi connectivity index (χ3v) is 7.05. The van der Waals surface area contributed by atoms with Gasteiger partial charge < -0.3 is 20.5 Å². The summed E-state index contributed by atoms with van der Waals surface area (Å²) in [6.45, 7) is 1.87. The number of methoxy groups -OCH3 is 1. The number of ether oxygens (including phenoxy) is 1. The third-order valence-electron chi connectivity index (χ3n) is 6.74. The molecule has 1 aliphatic rings. The van der Waals surface area contributed by atoms with Crippen LogP contribution < -0.4 is 15.4 Å². The van der Waals surface area contributed by atoms with Crippen molar-refractivity contribution in [1.82, 2.24) is 0 Å². The summed E-state index contributed by atoms with van der Waals surface area (Å²) in [6.07, 6.45) is 1.46. The number of rotatable bonds is 7. The van der Waals surface area contributed by atoms with E-state index in [2.05, 4.69) is 10.6 Å². The van der Waals surface area contributed by atoms with Crippen molar-refractivity contribution < 1.29 is 24.2 Å².